The molecule has 0 atom stereocenters. The zero-order chi connectivity index (χ0) is 18.9. The van der Waals surface area contributed by atoms with Crippen LogP contribution in [0.2, 0.25) is 0 Å². The lowest BCUT2D eigenvalue weighted by Crippen LogP contribution is -2.28. The second-order valence-corrected chi connectivity index (χ2v) is 6.05. The Morgan fingerprint density at radius 2 is 1.59 bits per heavy atom. The number of ether oxygens (including phenoxy) is 1. The molecule has 1 N–H and O–H groups in total. The van der Waals surface area contributed by atoms with E-state index >= 15 is 0 Å². The van der Waals surface area contributed by atoms with E-state index in [0.717, 1.165) is 16.9 Å². The maximum atomic E-state index is 11.8. The monoisotopic (exact) mass is 363 g/mol. The van der Waals surface area contributed by atoms with Gasteiger partial charge in [0.1, 0.15) is 11.5 Å². The van der Waals surface area contributed by atoms with Crippen LogP contribution >= 0.6 is 0 Å². The van der Waals surface area contributed by atoms with Gasteiger partial charge < -0.3 is 14.5 Å². The van der Waals surface area contributed by atoms with Crippen LogP contribution in [0.1, 0.15) is 17.7 Å². The van der Waals surface area contributed by atoms with Crippen molar-refractivity contribution in [2.45, 2.75) is 19.4 Å². The van der Waals surface area contributed by atoms with E-state index in [-0.39, 0.29) is 18.9 Å². The summed E-state index contributed by atoms with van der Waals surface area (Å²) in [6.45, 7) is 0.130. The van der Waals surface area contributed by atoms with Crippen molar-refractivity contribution in [3.05, 3.63) is 84.1 Å². The molecule has 138 valence electrons. The Kier molecular flexibility index (Phi) is 6.41. The zero-order valence-corrected chi connectivity index (χ0v) is 14.9. The Morgan fingerprint density at radius 1 is 0.889 bits per heavy atom. The summed E-state index contributed by atoms with van der Waals surface area (Å²) in [7, 11) is 0. The lowest BCUT2D eigenvalue weighted by atomic mass is 10.2. The first-order chi connectivity index (χ1) is 13.2. The fraction of sp³-hybridized carbons (Fsp3) is 0.182. The second kappa shape index (κ2) is 9.38. The highest BCUT2D eigenvalue weighted by atomic mass is 16.5. The van der Waals surface area contributed by atoms with Crippen LogP contribution in [0.25, 0.3) is 11.3 Å². The summed E-state index contributed by atoms with van der Waals surface area (Å²) < 4.78 is 10.8. The van der Waals surface area contributed by atoms with E-state index in [0.29, 0.717) is 18.7 Å². The molecule has 1 heterocycles. The zero-order valence-electron chi connectivity index (χ0n) is 14.9. The average Bonchev–Trinajstić information content (AvgIpc) is 3.20. The molecule has 0 unspecified atom stereocenters. The number of benzene rings is 2. The minimum atomic E-state index is -0.428. The van der Waals surface area contributed by atoms with Crippen LogP contribution in [-0.4, -0.2) is 18.5 Å². The van der Waals surface area contributed by atoms with Crippen molar-refractivity contribution >= 4 is 11.9 Å². The molecule has 1 aromatic heterocycles. The molecular weight excluding hydrogens is 342 g/mol. The van der Waals surface area contributed by atoms with Gasteiger partial charge in [-0.2, -0.15) is 0 Å². The van der Waals surface area contributed by atoms with E-state index in [9.17, 15) is 9.59 Å². The number of esters is 1. The Balaban J connectivity index is 1.37. The Morgan fingerprint density at radius 3 is 2.33 bits per heavy atom. The van der Waals surface area contributed by atoms with Gasteiger partial charge in [-0.1, -0.05) is 60.7 Å². The Bertz CT molecular complexity index is 872. The highest BCUT2D eigenvalue weighted by molar-refractivity contribution is 5.80. The fourth-order valence-corrected chi connectivity index (χ4v) is 2.56. The maximum absolute atomic E-state index is 11.8. The quantitative estimate of drug-likeness (QED) is 0.619. The van der Waals surface area contributed by atoms with Crippen LogP contribution in [0.3, 0.4) is 0 Å². The number of hydrogen-bond acceptors (Lipinski definition) is 4. The van der Waals surface area contributed by atoms with Crippen LogP contribution < -0.4 is 5.32 Å². The van der Waals surface area contributed by atoms with E-state index in [1.54, 1.807) is 0 Å². The molecule has 2 aromatic carbocycles. The Hall–Kier alpha value is -3.34. The van der Waals surface area contributed by atoms with Crippen LogP contribution in [-0.2, 0) is 27.3 Å². The molecule has 0 saturated carbocycles. The summed E-state index contributed by atoms with van der Waals surface area (Å²) in [6.07, 6.45) is 0.588. The largest absolute Gasteiger partial charge is 0.461 e. The van der Waals surface area contributed by atoms with Crippen molar-refractivity contribution in [1.29, 1.82) is 0 Å². The van der Waals surface area contributed by atoms with Crippen molar-refractivity contribution in [3.8, 4) is 11.3 Å². The maximum Gasteiger partial charge on any atom is 0.306 e. The number of carbonyl (C=O) groups excluding carboxylic acids is 2. The number of rotatable bonds is 8. The predicted octanol–water partition coefficient (Wildman–Crippen LogP) is 3.74. The molecule has 0 aliphatic heterocycles. The molecule has 0 saturated heterocycles. The molecule has 1 amide bonds. The predicted molar refractivity (Wildman–Crippen MR) is 102 cm³/mol. The lowest BCUT2D eigenvalue weighted by molar-refractivity contribution is -0.148. The number of furan rings is 1. The first-order valence-corrected chi connectivity index (χ1v) is 8.81. The van der Waals surface area contributed by atoms with Crippen LogP contribution in [0.15, 0.2) is 77.2 Å². The molecule has 0 spiro atoms. The fourth-order valence-electron chi connectivity index (χ4n) is 2.56. The molecular formula is C22H21NO4. The minimum Gasteiger partial charge on any atom is -0.461 e. The van der Waals surface area contributed by atoms with E-state index in [4.69, 9.17) is 9.15 Å². The van der Waals surface area contributed by atoms with Gasteiger partial charge in [0, 0.05) is 18.5 Å². The second-order valence-electron chi connectivity index (χ2n) is 6.05. The summed E-state index contributed by atoms with van der Waals surface area (Å²) in [5.41, 5.74) is 1.98. The summed E-state index contributed by atoms with van der Waals surface area (Å²) in [6, 6.07) is 23.0. The van der Waals surface area contributed by atoms with Crippen LogP contribution in [0, 0.1) is 0 Å². The van der Waals surface area contributed by atoms with Crippen molar-refractivity contribution in [2.24, 2.45) is 0 Å². The molecule has 0 radical (unpaired) electrons. The van der Waals surface area contributed by atoms with E-state index in [1.807, 2.05) is 72.8 Å². The number of amides is 1. The topological polar surface area (TPSA) is 68.5 Å². The highest BCUT2D eigenvalue weighted by Crippen LogP contribution is 2.22. The van der Waals surface area contributed by atoms with Crippen molar-refractivity contribution in [2.75, 3.05) is 6.61 Å². The van der Waals surface area contributed by atoms with Crippen LogP contribution in [0.4, 0.5) is 0 Å². The van der Waals surface area contributed by atoms with E-state index in [2.05, 4.69) is 5.32 Å². The standard InChI is InChI=1S/C22H21NO4/c24-21(23-15-17-7-3-1-4-8-17)16-26-22(25)14-12-19-11-13-20(27-19)18-9-5-2-6-10-18/h1-11,13H,12,14-16H2,(H,23,24). The lowest BCUT2D eigenvalue weighted by Gasteiger charge is -2.06. The third-order valence-electron chi connectivity index (χ3n) is 3.99. The molecule has 5 nitrogen and oxygen atoms in total. The van der Waals surface area contributed by atoms with Gasteiger partial charge in [0.2, 0.25) is 0 Å². The van der Waals surface area contributed by atoms with E-state index < -0.39 is 5.97 Å². The van der Waals surface area contributed by atoms with Gasteiger partial charge in [-0.3, -0.25) is 9.59 Å². The molecule has 0 fully saturated rings. The van der Waals surface area contributed by atoms with Gasteiger partial charge in [-0.15, -0.1) is 0 Å². The van der Waals surface area contributed by atoms with Crippen molar-refractivity contribution in [1.82, 2.24) is 5.32 Å². The molecule has 27 heavy (non-hydrogen) atoms. The van der Waals surface area contributed by atoms with Gasteiger partial charge >= 0.3 is 5.97 Å². The smallest absolute Gasteiger partial charge is 0.306 e. The Labute approximate surface area is 158 Å². The molecule has 3 rings (SSSR count). The first kappa shape index (κ1) is 18.5. The normalized spacial score (nSPS) is 10.4. The minimum absolute atomic E-state index is 0.160. The molecule has 3 aromatic rings. The summed E-state index contributed by atoms with van der Waals surface area (Å²) in [5, 5.41) is 2.71. The number of aryl methyl sites for hydroxylation is 1. The van der Waals surface area contributed by atoms with Gasteiger partial charge in [0.25, 0.3) is 5.91 Å². The third-order valence-corrected chi connectivity index (χ3v) is 3.99. The average molecular weight is 363 g/mol. The molecule has 0 bridgehead atoms. The first-order valence-electron chi connectivity index (χ1n) is 8.81. The number of carbonyl (C=O) groups is 2. The van der Waals surface area contributed by atoms with E-state index in [1.165, 1.54) is 0 Å². The summed E-state index contributed by atoms with van der Waals surface area (Å²) in [4.78, 5) is 23.6. The van der Waals surface area contributed by atoms with Gasteiger partial charge in [0.05, 0.1) is 6.42 Å². The van der Waals surface area contributed by atoms with Crippen molar-refractivity contribution in [3.63, 3.8) is 0 Å². The van der Waals surface area contributed by atoms with Gasteiger partial charge in [0.15, 0.2) is 6.61 Å². The molecule has 0 aliphatic rings. The number of nitrogens with one attached hydrogen (secondary N) is 1. The highest BCUT2D eigenvalue weighted by Gasteiger charge is 2.10. The molecule has 5 heteroatoms. The van der Waals surface area contributed by atoms with Gasteiger partial charge in [-0.05, 0) is 17.7 Å². The van der Waals surface area contributed by atoms with Crippen LogP contribution in [0.5, 0.6) is 0 Å². The summed E-state index contributed by atoms with van der Waals surface area (Å²) in [5.74, 6) is 0.720. The number of hydrogen-bond donors (Lipinski definition) is 1. The molecule has 0 aliphatic carbocycles. The third kappa shape index (κ3) is 5.85. The SMILES string of the molecule is O=C(COC(=O)CCc1ccc(-c2ccccc2)o1)NCc1ccccc1. The summed E-state index contributed by atoms with van der Waals surface area (Å²) >= 11 is 0. The van der Waals surface area contributed by atoms with Crippen molar-refractivity contribution < 1.29 is 18.7 Å². The van der Waals surface area contributed by atoms with Gasteiger partial charge in [-0.25, -0.2) is 0 Å².